The summed E-state index contributed by atoms with van der Waals surface area (Å²) in [5, 5.41) is 64.4. The number of halogens is 6. The number of allylic oxidation sites excluding steroid dienone is 1. The molecule has 0 atom stereocenters. The molecule has 0 saturated heterocycles. The van der Waals surface area contributed by atoms with Gasteiger partial charge in [0.05, 0.1) is 30.6 Å². The predicted molar refractivity (Wildman–Crippen MR) is 389 cm³/mol. The molecule has 0 spiro atoms. The molecule has 3 aromatic heterocycles. The van der Waals surface area contributed by atoms with Crippen molar-refractivity contribution in [1.29, 1.82) is 5.26 Å². The number of amidine groups is 1. The zero-order valence-electron chi connectivity index (χ0n) is 56.0. The van der Waals surface area contributed by atoms with Crippen LogP contribution in [0, 0.1) is 39.5 Å². The number of rotatable bonds is 18. The molecular weight excluding hydrogens is 1600 g/mol. The quantitative estimate of drug-likeness (QED) is 0.00578. The van der Waals surface area contributed by atoms with E-state index in [2.05, 4.69) is 57.4 Å². The Labute approximate surface area is 624 Å². The Morgan fingerprint density at radius 2 is 0.901 bits per heavy atom. The zero-order valence-corrected chi connectivity index (χ0v) is 62.1. The number of alkyl halides is 1. The summed E-state index contributed by atoms with van der Waals surface area (Å²) in [6, 6.07) is 34.9. The van der Waals surface area contributed by atoms with E-state index in [1.165, 1.54) is 24.3 Å². The fourth-order valence-electron chi connectivity index (χ4n) is 6.59. The summed E-state index contributed by atoms with van der Waals surface area (Å²) in [6.07, 6.45) is 2.43. The maximum absolute atomic E-state index is 13.0. The zero-order chi connectivity index (χ0) is 72.2. The van der Waals surface area contributed by atoms with Gasteiger partial charge in [-0.15, -0.1) is 24.8 Å². The maximum Gasteiger partial charge on any atom is 0.306 e. The number of carbonyl (C=O) groups is 2. The number of oxime groups is 1. The topological polar surface area (TPSA) is 403 Å². The summed E-state index contributed by atoms with van der Waals surface area (Å²) >= 11 is 3.13. The number of nitrogens with zero attached hydrogens (tertiary/aromatic N) is 8. The van der Waals surface area contributed by atoms with Crippen molar-refractivity contribution in [3.8, 4) is 69.0 Å². The fourth-order valence-corrected chi connectivity index (χ4v) is 7.00. The molecule has 0 aliphatic rings. The van der Waals surface area contributed by atoms with Gasteiger partial charge in [0.2, 0.25) is 35.1 Å². The Morgan fingerprint density at radius 3 is 1.18 bits per heavy atom. The largest absolute Gasteiger partial charge is 0.508 e. The predicted octanol–water partition coefficient (Wildman–Crippen LogP) is 13.2. The first-order chi connectivity index (χ1) is 45.7. The first-order valence-corrected chi connectivity index (χ1v) is 29.3. The van der Waals surface area contributed by atoms with Gasteiger partial charge in [0.15, 0.2) is 5.84 Å². The number of nitriles is 1. The molecule has 25 nitrogen and oxygen atoms in total. The van der Waals surface area contributed by atoms with E-state index in [0.717, 1.165) is 16.7 Å². The van der Waals surface area contributed by atoms with Crippen molar-refractivity contribution in [3.63, 3.8) is 0 Å². The molecule has 8 rings (SSSR count). The molecule has 0 saturated carbocycles. The molecular formula is C67H89B2BrCl2F3N11O14W-2. The van der Waals surface area contributed by atoms with Crippen molar-refractivity contribution in [1.82, 2.24) is 30.4 Å². The number of hydrogen-bond donors (Lipinski definition) is 8. The number of esters is 2. The van der Waals surface area contributed by atoms with Gasteiger partial charge in [0.25, 0.3) is 0 Å². The van der Waals surface area contributed by atoms with Gasteiger partial charge >= 0.3 is 11.9 Å². The number of aryl methyl sites for hydroxylation is 3. The second kappa shape index (κ2) is 55.7. The molecule has 0 aliphatic carbocycles. The molecule has 11 N–H and O–H groups in total. The van der Waals surface area contributed by atoms with Gasteiger partial charge in [-0.3, -0.25) is 9.59 Å². The molecule has 0 aliphatic heterocycles. The Morgan fingerprint density at radius 1 is 0.594 bits per heavy atom. The Hall–Kier alpha value is -9.01. The van der Waals surface area contributed by atoms with Crippen LogP contribution in [0.3, 0.4) is 0 Å². The number of nitrogens with two attached hydrogens (primary N) is 3. The number of phenolic OH excluding ortho intramolecular Hbond substituents is 3. The van der Waals surface area contributed by atoms with E-state index in [-0.39, 0.29) is 143 Å². The Balaban J connectivity index is -0.000000369. The van der Waals surface area contributed by atoms with Crippen LogP contribution < -0.4 is 26.8 Å². The van der Waals surface area contributed by atoms with E-state index < -0.39 is 11.2 Å². The van der Waals surface area contributed by atoms with Crippen LogP contribution in [0.25, 0.3) is 34.2 Å². The van der Waals surface area contributed by atoms with Crippen LogP contribution >= 0.6 is 40.7 Å². The van der Waals surface area contributed by atoms with Crippen LogP contribution in [-0.2, 0) is 40.1 Å². The molecule has 0 bridgehead atoms. The summed E-state index contributed by atoms with van der Waals surface area (Å²) in [5.74, 6) is 7.73. The van der Waals surface area contributed by atoms with Crippen molar-refractivity contribution in [2.75, 3.05) is 25.1 Å². The minimum Gasteiger partial charge on any atom is -0.508 e. The molecule has 2 radical (unpaired) electrons. The first-order valence-electron chi connectivity index (χ1n) is 28.1. The molecule has 0 fully saturated rings. The number of hydrogen-bond acceptors (Lipinski definition) is 24. The van der Waals surface area contributed by atoms with E-state index in [9.17, 15) is 22.8 Å². The minimum atomic E-state index is -0.549. The molecule has 101 heavy (non-hydrogen) atoms. The van der Waals surface area contributed by atoms with E-state index in [4.69, 9.17) is 82.7 Å². The Kier molecular flexibility index (Phi) is 55.5. The summed E-state index contributed by atoms with van der Waals surface area (Å²) in [6.45, 7) is 16.3. The van der Waals surface area contributed by atoms with Crippen molar-refractivity contribution in [2.24, 2.45) is 22.5 Å². The summed E-state index contributed by atoms with van der Waals surface area (Å²) < 4.78 is 73.3. The van der Waals surface area contributed by atoms with Gasteiger partial charge < -0.3 is 77.1 Å². The fraction of sp³-hybridized carbons (Fsp3) is 0.299. The molecule has 5 aromatic carbocycles. The second-order valence-corrected chi connectivity index (χ2v) is 21.6. The van der Waals surface area contributed by atoms with Gasteiger partial charge in [-0.1, -0.05) is 51.7 Å². The monoisotopic (exact) mass is 1680 g/mol. The van der Waals surface area contributed by atoms with Crippen LogP contribution in [0.5, 0.6) is 28.7 Å². The third-order valence-corrected chi connectivity index (χ3v) is 11.8. The van der Waals surface area contributed by atoms with Gasteiger partial charge in [-0.25, -0.2) is 19.1 Å². The number of phenols is 3. The molecule has 34 heteroatoms. The molecule has 8 aromatic rings. The number of aromatic nitrogens is 6. The average molecular weight is 1690 g/mol. The van der Waals surface area contributed by atoms with Crippen LogP contribution in [0.1, 0.15) is 103 Å². The van der Waals surface area contributed by atoms with E-state index in [1.807, 2.05) is 6.07 Å². The standard InChI is InChI=1S/C19H23FN2O4.C13H14FN3O2.C10H16BrFO2.C9H8N2O2.C7H8N2O2.C7H5NO.CH4.CH3.B2H3.2ClH.H3NO.W/c1-13-21-18(22-26-13)15-6-8-16(9-7-15)24-12-14(11-20)5-10-17(23)25-19(2,3)4;1-9-16-13(17-19-9)11-2-4-12(5-3-11)18-8-10(6-14)7-15;1-10(2,3)14-9(13)5-4-8(6-11)7-12;1-6-10-9(11-13-6)7-2-4-8(12)5-3-7;8-7(9-11)5-1-3-6(10)4-2-5;8-5-6-1-3-7(9)4-2-6;;;1-2;;;1-2;/h6-9,11H,5,10,12H2,1-4H3;2-6H,7-8,15H2,1H3;7H,4-6H2,1-3H3;2-5,12H,1H3;1-4,10-11H,(H2,8,9);1-4,9H;1H4;1H3;1H3;2*1H;2H,1H2;/q;;;;;;;2*-1;;;;/b14-11+;10-6+;8-7+;;;;;;;;;;. The summed E-state index contributed by atoms with van der Waals surface area (Å²) in [4.78, 5) is 35.2. The van der Waals surface area contributed by atoms with Crippen molar-refractivity contribution >= 4 is 74.0 Å². The number of benzene rings is 5. The molecule has 0 amide bonds. The minimum absolute atomic E-state index is 0. The molecule has 0 unspecified atom stereocenters. The third-order valence-electron chi connectivity index (χ3n) is 11.1. The van der Waals surface area contributed by atoms with Gasteiger partial charge in [0, 0.05) is 94.4 Å². The van der Waals surface area contributed by atoms with E-state index >= 15 is 0 Å². The van der Waals surface area contributed by atoms with Crippen LogP contribution in [0.4, 0.5) is 13.2 Å². The molecule has 552 valence electrons. The molecule has 3 heterocycles. The van der Waals surface area contributed by atoms with Gasteiger partial charge in [-0.2, -0.15) is 28.0 Å². The van der Waals surface area contributed by atoms with Crippen LogP contribution in [-0.4, -0.2) is 126 Å². The average Bonchev–Trinajstić information content (AvgIpc) is 1.80. The van der Waals surface area contributed by atoms with Gasteiger partial charge in [0.1, 0.15) is 53.2 Å². The Bertz CT molecular complexity index is 3690. The van der Waals surface area contributed by atoms with Crippen LogP contribution in [0.15, 0.2) is 176 Å². The van der Waals surface area contributed by atoms with Gasteiger partial charge in [-0.05, 0) is 187 Å². The smallest absolute Gasteiger partial charge is 0.306 e. The van der Waals surface area contributed by atoms with Crippen molar-refractivity contribution in [3.05, 3.63) is 193 Å². The summed E-state index contributed by atoms with van der Waals surface area (Å²) in [5.41, 5.74) is 14.5. The first kappa shape index (κ1) is 101. The normalized spacial score (nSPS) is 10.5. The second-order valence-electron chi connectivity index (χ2n) is 21.1. The third kappa shape index (κ3) is 44.0. The van der Waals surface area contributed by atoms with E-state index in [0.29, 0.717) is 105 Å². The maximum atomic E-state index is 13.0. The van der Waals surface area contributed by atoms with Crippen molar-refractivity contribution < 1.29 is 102 Å². The SMILES string of the molecule is C.CC(C)(C)OC(=O)CC/C(=C\F)CBr.Cc1nc(-c2ccc(O)cc2)no1.Cc1nc(-c2ccc(OC/C(=C/F)CCC(=O)OC(C)(C)C)cc2)no1.Cc1nc(-c2ccc(OC/C(=C/F)CN)cc2)no1.Cl.Cl.N#Cc1ccc(O)cc1.NC(=NO)c1ccc(O)cc1.NO.[B][BH3-].[CH3-].[W]. The van der Waals surface area contributed by atoms with E-state index in [1.54, 1.807) is 159 Å². The number of carbonyl (C=O) groups excluding carboxylic acids is 2. The number of aromatic hydroxyl groups is 3. The number of ether oxygens (including phenoxy) is 4. The summed E-state index contributed by atoms with van der Waals surface area (Å²) in [7, 11) is 5.00. The van der Waals surface area contributed by atoms with Crippen molar-refractivity contribution in [2.45, 2.75) is 107 Å². The van der Waals surface area contributed by atoms with Crippen LogP contribution in [0.2, 0.25) is 0 Å².